The molecular formula is C5H10FNaO3S. The molecule has 0 aromatic rings. The quantitative estimate of drug-likeness (QED) is 0.279. The van der Waals surface area contributed by atoms with E-state index >= 15 is 0 Å². The first-order chi connectivity index (χ1) is 4.56. The molecule has 0 radical (unpaired) electrons. The third-order valence-electron chi connectivity index (χ3n) is 1.03. The zero-order valence-electron chi connectivity index (χ0n) is 6.55. The van der Waals surface area contributed by atoms with Gasteiger partial charge in [-0.15, -0.1) is 0 Å². The van der Waals surface area contributed by atoms with Gasteiger partial charge in [0.1, 0.15) is 0 Å². The summed E-state index contributed by atoms with van der Waals surface area (Å²) in [7, 11) is -4.08. The molecule has 0 heterocycles. The molecule has 0 spiro atoms. The summed E-state index contributed by atoms with van der Waals surface area (Å²) in [6.45, 7) is -0.446. The average Bonchev–Trinajstić information content (AvgIpc) is 1.78. The molecule has 0 aliphatic rings. The van der Waals surface area contributed by atoms with Crippen LogP contribution in [-0.4, -0.2) is 25.4 Å². The van der Waals surface area contributed by atoms with Gasteiger partial charge < -0.3 is 4.55 Å². The average molecular weight is 192 g/mol. The van der Waals surface area contributed by atoms with Crippen LogP contribution < -0.4 is 29.6 Å². The van der Waals surface area contributed by atoms with E-state index in [1.807, 2.05) is 0 Å². The SMILES string of the molecule is O=S(=O)([O-])CCCCCF.[Na+]. The van der Waals surface area contributed by atoms with E-state index < -0.39 is 16.8 Å². The third-order valence-corrected chi connectivity index (χ3v) is 1.82. The molecule has 3 nitrogen and oxygen atoms in total. The van der Waals surface area contributed by atoms with E-state index in [-0.39, 0.29) is 41.7 Å². The van der Waals surface area contributed by atoms with E-state index in [1.54, 1.807) is 0 Å². The summed E-state index contributed by atoms with van der Waals surface area (Å²) >= 11 is 0. The number of halogens is 1. The fourth-order valence-corrected chi connectivity index (χ4v) is 1.11. The molecule has 0 aliphatic carbocycles. The van der Waals surface area contributed by atoms with Crippen molar-refractivity contribution in [3.8, 4) is 0 Å². The minimum Gasteiger partial charge on any atom is -0.748 e. The minimum absolute atomic E-state index is 0. The normalized spacial score (nSPS) is 10.7. The summed E-state index contributed by atoms with van der Waals surface area (Å²) in [6, 6.07) is 0. The fourth-order valence-electron chi connectivity index (χ4n) is 0.550. The molecule has 0 aromatic heterocycles. The zero-order chi connectivity index (χ0) is 8.04. The maximum Gasteiger partial charge on any atom is 1.00 e. The molecule has 0 aliphatic heterocycles. The summed E-state index contributed by atoms with van der Waals surface area (Å²) < 4.78 is 41.2. The van der Waals surface area contributed by atoms with E-state index in [0.717, 1.165) is 0 Å². The van der Waals surface area contributed by atoms with Gasteiger partial charge in [0.15, 0.2) is 0 Å². The maximum absolute atomic E-state index is 11.4. The summed E-state index contributed by atoms with van der Waals surface area (Å²) in [6.07, 6.45) is 1.09. The minimum atomic E-state index is -4.08. The maximum atomic E-state index is 11.4. The number of unbranched alkanes of at least 4 members (excludes halogenated alkanes) is 2. The van der Waals surface area contributed by atoms with Crippen molar-refractivity contribution in [1.82, 2.24) is 0 Å². The second-order valence-corrected chi connectivity index (χ2v) is 3.54. The Balaban J connectivity index is 0. The van der Waals surface area contributed by atoms with Gasteiger partial charge in [0, 0.05) is 5.75 Å². The van der Waals surface area contributed by atoms with E-state index in [0.29, 0.717) is 12.8 Å². The summed E-state index contributed by atoms with van der Waals surface area (Å²) in [5.74, 6) is -0.368. The molecular weight excluding hydrogens is 182 g/mol. The van der Waals surface area contributed by atoms with Gasteiger partial charge in [-0.3, -0.25) is 4.39 Å². The number of alkyl halides is 1. The van der Waals surface area contributed by atoms with E-state index in [9.17, 15) is 17.4 Å². The van der Waals surface area contributed by atoms with Crippen LogP contribution in [0.1, 0.15) is 19.3 Å². The van der Waals surface area contributed by atoms with Crippen molar-refractivity contribution in [2.24, 2.45) is 0 Å². The summed E-state index contributed by atoms with van der Waals surface area (Å²) in [5, 5.41) is 0. The standard InChI is InChI=1S/C5H11FO3S.Na/c6-4-2-1-3-5-10(7,8)9;/h1-5H2,(H,7,8,9);/q;+1/p-1. The number of hydrogen-bond donors (Lipinski definition) is 0. The Morgan fingerprint density at radius 1 is 1.18 bits per heavy atom. The van der Waals surface area contributed by atoms with Crippen molar-refractivity contribution in [3.05, 3.63) is 0 Å². The van der Waals surface area contributed by atoms with Gasteiger partial charge in [-0.05, 0) is 19.3 Å². The van der Waals surface area contributed by atoms with Crippen molar-refractivity contribution in [2.75, 3.05) is 12.4 Å². The van der Waals surface area contributed by atoms with Crippen molar-refractivity contribution in [2.45, 2.75) is 19.3 Å². The molecule has 0 saturated carbocycles. The molecule has 0 unspecified atom stereocenters. The predicted molar refractivity (Wildman–Crippen MR) is 34.4 cm³/mol. The van der Waals surface area contributed by atoms with E-state index in [2.05, 4.69) is 0 Å². The molecule has 11 heavy (non-hydrogen) atoms. The van der Waals surface area contributed by atoms with Crippen molar-refractivity contribution < 1.29 is 46.9 Å². The second kappa shape index (κ2) is 7.49. The van der Waals surface area contributed by atoms with Gasteiger partial charge in [-0.25, -0.2) is 8.42 Å². The first kappa shape index (κ1) is 14.4. The van der Waals surface area contributed by atoms with Crippen LogP contribution in [0.2, 0.25) is 0 Å². The molecule has 0 N–H and O–H groups in total. The van der Waals surface area contributed by atoms with E-state index in [4.69, 9.17) is 0 Å². The topological polar surface area (TPSA) is 57.2 Å². The molecule has 0 fully saturated rings. The predicted octanol–water partition coefficient (Wildman–Crippen LogP) is -2.32. The smallest absolute Gasteiger partial charge is 0.748 e. The number of rotatable bonds is 5. The van der Waals surface area contributed by atoms with Crippen LogP contribution in [0.4, 0.5) is 4.39 Å². The van der Waals surface area contributed by atoms with Crippen molar-refractivity contribution in [3.63, 3.8) is 0 Å². The van der Waals surface area contributed by atoms with Crippen LogP contribution in [0.5, 0.6) is 0 Å². The molecule has 0 rings (SSSR count). The van der Waals surface area contributed by atoms with Crippen molar-refractivity contribution in [1.29, 1.82) is 0 Å². The summed E-state index contributed by atoms with van der Waals surface area (Å²) in [4.78, 5) is 0. The summed E-state index contributed by atoms with van der Waals surface area (Å²) in [5.41, 5.74) is 0. The van der Waals surface area contributed by atoms with Gasteiger partial charge >= 0.3 is 29.6 Å². The molecule has 0 amide bonds. The Morgan fingerprint density at radius 3 is 2.09 bits per heavy atom. The molecule has 0 aromatic carbocycles. The Kier molecular flexibility index (Phi) is 9.78. The van der Waals surface area contributed by atoms with Gasteiger partial charge in [0.25, 0.3) is 0 Å². The first-order valence-electron chi connectivity index (χ1n) is 3.06. The van der Waals surface area contributed by atoms with Crippen LogP contribution in [0.25, 0.3) is 0 Å². The first-order valence-corrected chi connectivity index (χ1v) is 4.63. The molecule has 0 bridgehead atoms. The van der Waals surface area contributed by atoms with Gasteiger partial charge in [0.05, 0.1) is 16.8 Å². The van der Waals surface area contributed by atoms with Crippen molar-refractivity contribution >= 4 is 10.1 Å². The molecule has 6 heteroatoms. The second-order valence-electron chi connectivity index (χ2n) is 2.01. The van der Waals surface area contributed by atoms with Crippen LogP contribution >= 0.6 is 0 Å². The Bertz CT molecular complexity index is 169. The Hall–Kier alpha value is 0.840. The van der Waals surface area contributed by atoms with Crippen LogP contribution in [0.15, 0.2) is 0 Å². The van der Waals surface area contributed by atoms with Gasteiger partial charge in [-0.1, -0.05) is 0 Å². The van der Waals surface area contributed by atoms with Crippen LogP contribution in [0.3, 0.4) is 0 Å². The molecule has 0 atom stereocenters. The Morgan fingerprint density at radius 2 is 1.73 bits per heavy atom. The molecule has 62 valence electrons. The third kappa shape index (κ3) is 13.8. The number of hydrogen-bond acceptors (Lipinski definition) is 3. The molecule has 0 saturated heterocycles. The van der Waals surface area contributed by atoms with Crippen LogP contribution in [0, 0.1) is 0 Å². The van der Waals surface area contributed by atoms with Gasteiger partial charge in [-0.2, -0.15) is 0 Å². The Labute approximate surface area is 88.4 Å². The van der Waals surface area contributed by atoms with E-state index in [1.165, 1.54) is 0 Å². The van der Waals surface area contributed by atoms with Gasteiger partial charge in [0.2, 0.25) is 0 Å². The van der Waals surface area contributed by atoms with Crippen LogP contribution in [-0.2, 0) is 10.1 Å². The zero-order valence-corrected chi connectivity index (χ0v) is 9.36. The fraction of sp³-hybridized carbons (Fsp3) is 1.00. The largest absolute Gasteiger partial charge is 1.00 e. The monoisotopic (exact) mass is 192 g/mol.